The third kappa shape index (κ3) is 2.17. The zero-order valence-corrected chi connectivity index (χ0v) is 11.4. The van der Waals surface area contributed by atoms with Crippen molar-refractivity contribution in [1.29, 1.82) is 0 Å². The zero-order valence-electron chi connectivity index (χ0n) is 9.10. The fraction of sp³-hybridized carbons (Fsp3) is 0.0769. The Labute approximate surface area is 113 Å². The van der Waals surface area contributed by atoms with Gasteiger partial charge in [0.15, 0.2) is 0 Å². The number of hydrogen-bond acceptors (Lipinski definition) is 1. The first-order valence-corrected chi connectivity index (χ1v) is 6.18. The Morgan fingerprint density at radius 1 is 1.18 bits per heavy atom. The number of halogens is 3. The molecule has 0 spiro atoms. The Bertz CT molecular complexity index is 584. The minimum Gasteiger partial charge on any atom is -0.396 e. The molecule has 88 valence electrons. The van der Waals surface area contributed by atoms with E-state index in [0.29, 0.717) is 10.6 Å². The van der Waals surface area contributed by atoms with Crippen LogP contribution >= 0.6 is 27.5 Å². The number of benzene rings is 2. The standard InChI is InChI=1S/C13H10BrClFN/c1-7-8(5-6-11(16)13(7)17)9-3-2-4-10(14)12(9)15/h2-6H,17H2,1H3. The maximum atomic E-state index is 13.3. The highest BCUT2D eigenvalue weighted by molar-refractivity contribution is 9.10. The van der Waals surface area contributed by atoms with Crippen LogP contribution in [0.25, 0.3) is 11.1 Å². The quantitative estimate of drug-likeness (QED) is 0.752. The van der Waals surface area contributed by atoms with Crippen LogP contribution in [0.15, 0.2) is 34.8 Å². The minimum atomic E-state index is -0.405. The lowest BCUT2D eigenvalue weighted by atomic mass is 9.99. The number of nitrogens with two attached hydrogens (primary N) is 1. The summed E-state index contributed by atoms with van der Waals surface area (Å²) in [4.78, 5) is 0. The molecule has 2 aromatic rings. The average Bonchev–Trinajstić information content (AvgIpc) is 2.31. The van der Waals surface area contributed by atoms with Crippen LogP contribution in [0.4, 0.5) is 10.1 Å². The Morgan fingerprint density at radius 3 is 2.59 bits per heavy atom. The molecule has 0 aliphatic heterocycles. The number of anilines is 1. The molecule has 0 aliphatic carbocycles. The van der Waals surface area contributed by atoms with E-state index in [0.717, 1.165) is 15.6 Å². The largest absolute Gasteiger partial charge is 0.396 e. The second-order valence-corrected chi connectivity index (χ2v) is 4.97. The van der Waals surface area contributed by atoms with Crippen LogP contribution in [0.2, 0.25) is 5.02 Å². The number of hydrogen-bond donors (Lipinski definition) is 1. The molecule has 0 aromatic heterocycles. The Morgan fingerprint density at radius 2 is 1.88 bits per heavy atom. The fourth-order valence-corrected chi connectivity index (χ4v) is 2.29. The molecule has 2 N–H and O–H groups in total. The van der Waals surface area contributed by atoms with Crippen LogP contribution < -0.4 is 5.73 Å². The summed E-state index contributed by atoms with van der Waals surface area (Å²) in [6.07, 6.45) is 0. The van der Waals surface area contributed by atoms with Gasteiger partial charge < -0.3 is 5.73 Å². The molecule has 0 saturated heterocycles. The molecule has 2 rings (SSSR count). The monoisotopic (exact) mass is 313 g/mol. The summed E-state index contributed by atoms with van der Waals surface area (Å²) in [5, 5.41) is 0.599. The van der Waals surface area contributed by atoms with E-state index in [9.17, 15) is 4.39 Å². The first-order chi connectivity index (χ1) is 8.02. The van der Waals surface area contributed by atoms with Crippen molar-refractivity contribution in [3.8, 4) is 11.1 Å². The van der Waals surface area contributed by atoms with Crippen LogP contribution in [-0.4, -0.2) is 0 Å². The van der Waals surface area contributed by atoms with Crippen molar-refractivity contribution in [2.45, 2.75) is 6.92 Å². The molecule has 0 bridgehead atoms. The van der Waals surface area contributed by atoms with E-state index in [1.807, 2.05) is 18.2 Å². The molecule has 0 radical (unpaired) electrons. The van der Waals surface area contributed by atoms with E-state index in [-0.39, 0.29) is 5.69 Å². The van der Waals surface area contributed by atoms with Gasteiger partial charge in [-0.25, -0.2) is 4.39 Å². The summed E-state index contributed by atoms with van der Waals surface area (Å²) < 4.78 is 14.1. The lowest BCUT2D eigenvalue weighted by Crippen LogP contribution is -1.96. The van der Waals surface area contributed by atoms with Crippen molar-refractivity contribution in [3.05, 3.63) is 51.2 Å². The Balaban J connectivity index is 2.69. The Kier molecular flexibility index (Phi) is 3.40. The summed E-state index contributed by atoms with van der Waals surface area (Å²) in [7, 11) is 0. The van der Waals surface area contributed by atoms with Crippen LogP contribution in [-0.2, 0) is 0 Å². The van der Waals surface area contributed by atoms with Gasteiger partial charge in [0.1, 0.15) is 5.82 Å². The summed E-state index contributed by atoms with van der Waals surface area (Å²) >= 11 is 9.57. The maximum Gasteiger partial charge on any atom is 0.146 e. The molecule has 4 heteroatoms. The zero-order chi connectivity index (χ0) is 12.6. The van der Waals surface area contributed by atoms with Gasteiger partial charge in [-0.05, 0) is 46.1 Å². The van der Waals surface area contributed by atoms with Gasteiger partial charge in [0.2, 0.25) is 0 Å². The van der Waals surface area contributed by atoms with E-state index in [1.165, 1.54) is 6.07 Å². The topological polar surface area (TPSA) is 26.0 Å². The smallest absolute Gasteiger partial charge is 0.146 e. The van der Waals surface area contributed by atoms with E-state index in [2.05, 4.69) is 15.9 Å². The van der Waals surface area contributed by atoms with E-state index >= 15 is 0 Å². The summed E-state index contributed by atoms with van der Waals surface area (Å²) in [6.45, 7) is 1.78. The molecule has 1 nitrogen and oxygen atoms in total. The van der Waals surface area contributed by atoms with Gasteiger partial charge >= 0.3 is 0 Å². The Hall–Kier alpha value is -1.06. The highest BCUT2D eigenvalue weighted by atomic mass is 79.9. The van der Waals surface area contributed by atoms with Gasteiger partial charge in [-0.3, -0.25) is 0 Å². The maximum absolute atomic E-state index is 13.3. The predicted molar refractivity (Wildman–Crippen MR) is 73.7 cm³/mol. The molecular formula is C13H10BrClFN. The molecule has 0 aliphatic rings. The molecule has 0 amide bonds. The lowest BCUT2D eigenvalue weighted by molar-refractivity contribution is 0.632. The van der Waals surface area contributed by atoms with Crippen LogP contribution in [0, 0.1) is 12.7 Å². The summed E-state index contributed by atoms with van der Waals surface area (Å²) in [6, 6.07) is 8.66. The second kappa shape index (κ2) is 4.67. The van der Waals surface area contributed by atoms with Crippen molar-refractivity contribution >= 4 is 33.2 Å². The SMILES string of the molecule is Cc1c(-c2cccc(Br)c2Cl)ccc(F)c1N. The van der Waals surface area contributed by atoms with Crippen molar-refractivity contribution < 1.29 is 4.39 Å². The highest BCUT2D eigenvalue weighted by Gasteiger charge is 2.12. The van der Waals surface area contributed by atoms with Crippen LogP contribution in [0.5, 0.6) is 0 Å². The van der Waals surface area contributed by atoms with Gasteiger partial charge in [-0.1, -0.05) is 29.8 Å². The molecule has 0 atom stereocenters. The lowest BCUT2D eigenvalue weighted by Gasteiger charge is -2.11. The third-order valence-corrected chi connectivity index (χ3v) is 4.00. The highest BCUT2D eigenvalue weighted by Crippen LogP contribution is 2.37. The number of rotatable bonds is 1. The van der Waals surface area contributed by atoms with Crippen molar-refractivity contribution in [1.82, 2.24) is 0 Å². The summed E-state index contributed by atoms with van der Waals surface area (Å²) in [5.41, 5.74) is 8.22. The van der Waals surface area contributed by atoms with Gasteiger partial charge in [0.05, 0.1) is 10.7 Å². The van der Waals surface area contributed by atoms with Gasteiger partial charge in [-0.2, -0.15) is 0 Å². The van der Waals surface area contributed by atoms with Gasteiger partial charge in [-0.15, -0.1) is 0 Å². The van der Waals surface area contributed by atoms with Crippen molar-refractivity contribution in [2.75, 3.05) is 5.73 Å². The summed E-state index contributed by atoms with van der Waals surface area (Å²) in [5.74, 6) is -0.405. The van der Waals surface area contributed by atoms with Crippen LogP contribution in [0.1, 0.15) is 5.56 Å². The first-order valence-electron chi connectivity index (χ1n) is 5.01. The molecule has 2 aromatic carbocycles. The molecule has 0 fully saturated rings. The van der Waals surface area contributed by atoms with Crippen LogP contribution in [0.3, 0.4) is 0 Å². The second-order valence-electron chi connectivity index (χ2n) is 3.73. The van der Waals surface area contributed by atoms with Crippen molar-refractivity contribution in [3.63, 3.8) is 0 Å². The van der Waals surface area contributed by atoms with E-state index in [1.54, 1.807) is 13.0 Å². The van der Waals surface area contributed by atoms with E-state index in [4.69, 9.17) is 17.3 Å². The van der Waals surface area contributed by atoms with Gasteiger partial charge in [0.25, 0.3) is 0 Å². The third-order valence-electron chi connectivity index (χ3n) is 2.70. The van der Waals surface area contributed by atoms with Gasteiger partial charge in [0, 0.05) is 10.0 Å². The average molecular weight is 315 g/mol. The fourth-order valence-electron chi connectivity index (χ4n) is 1.70. The normalized spacial score (nSPS) is 10.6. The molecule has 17 heavy (non-hydrogen) atoms. The number of nitrogen functional groups attached to an aromatic ring is 1. The predicted octanol–water partition coefficient (Wildman–Crippen LogP) is 4.80. The minimum absolute atomic E-state index is 0.165. The van der Waals surface area contributed by atoms with E-state index < -0.39 is 5.82 Å². The molecule has 0 unspecified atom stereocenters. The van der Waals surface area contributed by atoms with Crippen molar-refractivity contribution in [2.24, 2.45) is 0 Å². The first kappa shape index (κ1) is 12.4. The molecular weight excluding hydrogens is 305 g/mol. The molecule has 0 saturated carbocycles. The molecule has 0 heterocycles.